The summed E-state index contributed by atoms with van der Waals surface area (Å²) in [6.07, 6.45) is 9.37. The van der Waals surface area contributed by atoms with Gasteiger partial charge in [-0.15, -0.1) is 0 Å². The molecule has 0 spiro atoms. The number of alkyl halides is 1. The molecular weight excluding hydrogens is 260 g/mol. The maximum atomic E-state index is 3.64. The Balaban J connectivity index is 2.12. The fraction of sp³-hybridized carbons (Fsp3) is 0.467. The highest BCUT2D eigenvalue weighted by atomic mass is 79.9. The van der Waals surface area contributed by atoms with Crippen LogP contribution in [0.3, 0.4) is 0 Å². The van der Waals surface area contributed by atoms with Gasteiger partial charge in [0.25, 0.3) is 0 Å². The van der Waals surface area contributed by atoms with E-state index in [4.69, 9.17) is 0 Å². The van der Waals surface area contributed by atoms with E-state index in [1.807, 2.05) is 0 Å². The summed E-state index contributed by atoms with van der Waals surface area (Å²) in [5, 5.41) is 1.02. The lowest BCUT2D eigenvalue weighted by molar-refractivity contribution is 0.405. The molecule has 86 valence electrons. The largest absolute Gasteiger partial charge is 0.0880 e. The molecule has 0 saturated heterocycles. The number of hydrogen-bond donors (Lipinski definition) is 0. The molecule has 1 aromatic carbocycles. The first kappa shape index (κ1) is 11.9. The molecule has 16 heavy (non-hydrogen) atoms. The molecule has 2 rings (SSSR count). The van der Waals surface area contributed by atoms with Crippen LogP contribution in [-0.2, 0) is 0 Å². The van der Waals surface area contributed by atoms with Gasteiger partial charge in [-0.05, 0) is 24.3 Å². The van der Waals surface area contributed by atoms with Gasteiger partial charge in [-0.3, -0.25) is 0 Å². The molecule has 0 aliphatic heterocycles. The quantitative estimate of drug-likeness (QED) is 0.679. The third-order valence-electron chi connectivity index (χ3n) is 3.44. The van der Waals surface area contributed by atoms with E-state index < -0.39 is 0 Å². The summed E-state index contributed by atoms with van der Waals surface area (Å²) in [4.78, 5) is 0. The summed E-state index contributed by atoms with van der Waals surface area (Å²) in [6.45, 7) is 0. The second kappa shape index (κ2) is 6.24. The molecule has 0 radical (unpaired) electrons. The van der Waals surface area contributed by atoms with Gasteiger partial charge in [0, 0.05) is 5.33 Å². The van der Waals surface area contributed by atoms with Crippen LogP contribution in [0.25, 0.3) is 6.08 Å². The standard InChI is InChI=1S/C15H19Br/c16-12-15(14-9-5-2-6-10-14)11-13-7-3-1-4-8-13/h1,3-4,7-8,11,14H,2,5-6,9-10,12H2. The number of halogens is 1. The average molecular weight is 279 g/mol. The first-order chi connectivity index (χ1) is 7.90. The Morgan fingerprint density at radius 1 is 1.12 bits per heavy atom. The van der Waals surface area contributed by atoms with Crippen LogP contribution in [0.4, 0.5) is 0 Å². The van der Waals surface area contributed by atoms with Gasteiger partial charge in [0.15, 0.2) is 0 Å². The summed E-state index contributed by atoms with van der Waals surface area (Å²) in [6, 6.07) is 10.7. The summed E-state index contributed by atoms with van der Waals surface area (Å²) < 4.78 is 0. The van der Waals surface area contributed by atoms with E-state index in [9.17, 15) is 0 Å². The lowest BCUT2D eigenvalue weighted by Gasteiger charge is -2.23. The molecular formula is C15H19Br. The molecule has 1 heteroatoms. The lowest BCUT2D eigenvalue weighted by Crippen LogP contribution is -2.10. The highest BCUT2D eigenvalue weighted by Crippen LogP contribution is 2.31. The van der Waals surface area contributed by atoms with Crippen molar-refractivity contribution in [1.29, 1.82) is 0 Å². The van der Waals surface area contributed by atoms with Crippen LogP contribution in [0.15, 0.2) is 35.9 Å². The van der Waals surface area contributed by atoms with E-state index in [1.165, 1.54) is 37.7 Å². The van der Waals surface area contributed by atoms with Crippen molar-refractivity contribution in [3.63, 3.8) is 0 Å². The maximum Gasteiger partial charge on any atom is 0.0247 e. The molecule has 1 fully saturated rings. The molecule has 1 saturated carbocycles. The van der Waals surface area contributed by atoms with Gasteiger partial charge < -0.3 is 0 Å². The Bertz CT molecular complexity index is 334. The van der Waals surface area contributed by atoms with Gasteiger partial charge in [0.2, 0.25) is 0 Å². The Labute approximate surface area is 107 Å². The number of hydrogen-bond acceptors (Lipinski definition) is 0. The van der Waals surface area contributed by atoms with E-state index in [2.05, 4.69) is 52.3 Å². The van der Waals surface area contributed by atoms with Crippen molar-refractivity contribution in [2.75, 3.05) is 5.33 Å². The molecule has 1 aromatic rings. The van der Waals surface area contributed by atoms with E-state index in [-0.39, 0.29) is 0 Å². The number of benzene rings is 1. The molecule has 0 N–H and O–H groups in total. The summed E-state index contributed by atoms with van der Waals surface area (Å²) in [5.41, 5.74) is 2.91. The first-order valence-electron chi connectivity index (χ1n) is 6.21. The third-order valence-corrected chi connectivity index (χ3v) is 4.08. The van der Waals surface area contributed by atoms with Gasteiger partial charge in [-0.2, -0.15) is 0 Å². The molecule has 0 nitrogen and oxygen atoms in total. The second-order valence-electron chi connectivity index (χ2n) is 4.60. The fourth-order valence-electron chi connectivity index (χ4n) is 2.50. The predicted molar refractivity (Wildman–Crippen MR) is 74.8 cm³/mol. The maximum absolute atomic E-state index is 3.64. The van der Waals surface area contributed by atoms with E-state index in [0.717, 1.165) is 11.2 Å². The van der Waals surface area contributed by atoms with Crippen molar-refractivity contribution < 1.29 is 0 Å². The minimum absolute atomic E-state index is 0.813. The van der Waals surface area contributed by atoms with Crippen molar-refractivity contribution in [3.05, 3.63) is 41.5 Å². The van der Waals surface area contributed by atoms with Crippen molar-refractivity contribution >= 4 is 22.0 Å². The van der Waals surface area contributed by atoms with Gasteiger partial charge >= 0.3 is 0 Å². The molecule has 0 bridgehead atoms. The van der Waals surface area contributed by atoms with Gasteiger partial charge in [-0.25, -0.2) is 0 Å². The highest BCUT2D eigenvalue weighted by molar-refractivity contribution is 9.09. The molecule has 1 aliphatic rings. The van der Waals surface area contributed by atoms with Gasteiger partial charge in [0.1, 0.15) is 0 Å². The normalized spacial score (nSPS) is 18.7. The molecule has 0 atom stereocenters. The molecule has 0 aromatic heterocycles. The number of allylic oxidation sites excluding steroid dienone is 1. The van der Waals surface area contributed by atoms with Crippen LogP contribution in [0.2, 0.25) is 0 Å². The van der Waals surface area contributed by atoms with Crippen molar-refractivity contribution in [1.82, 2.24) is 0 Å². The lowest BCUT2D eigenvalue weighted by atomic mass is 9.84. The van der Waals surface area contributed by atoms with Crippen LogP contribution in [0, 0.1) is 5.92 Å². The van der Waals surface area contributed by atoms with Crippen LogP contribution in [-0.4, -0.2) is 5.33 Å². The van der Waals surface area contributed by atoms with E-state index in [0.29, 0.717) is 0 Å². The Morgan fingerprint density at radius 3 is 2.44 bits per heavy atom. The minimum Gasteiger partial charge on any atom is -0.0880 e. The second-order valence-corrected chi connectivity index (χ2v) is 5.16. The Kier molecular flexibility index (Phi) is 4.65. The fourth-order valence-corrected chi connectivity index (χ4v) is 3.12. The summed E-state index contributed by atoms with van der Waals surface area (Å²) in [7, 11) is 0. The van der Waals surface area contributed by atoms with Gasteiger partial charge in [0.05, 0.1) is 0 Å². The van der Waals surface area contributed by atoms with Crippen LogP contribution in [0.5, 0.6) is 0 Å². The SMILES string of the molecule is BrCC(=Cc1ccccc1)C1CCCCC1. The molecule has 1 aliphatic carbocycles. The number of rotatable bonds is 3. The van der Waals surface area contributed by atoms with Crippen molar-refractivity contribution in [2.45, 2.75) is 32.1 Å². The van der Waals surface area contributed by atoms with Crippen LogP contribution < -0.4 is 0 Å². The topological polar surface area (TPSA) is 0 Å². The molecule has 0 unspecified atom stereocenters. The first-order valence-corrected chi connectivity index (χ1v) is 7.34. The molecule has 0 heterocycles. The smallest absolute Gasteiger partial charge is 0.0247 e. The molecule has 0 amide bonds. The monoisotopic (exact) mass is 278 g/mol. The zero-order chi connectivity index (χ0) is 11.2. The van der Waals surface area contributed by atoms with Crippen molar-refractivity contribution in [2.24, 2.45) is 5.92 Å². The van der Waals surface area contributed by atoms with Crippen molar-refractivity contribution in [3.8, 4) is 0 Å². The highest BCUT2D eigenvalue weighted by Gasteiger charge is 2.16. The Morgan fingerprint density at radius 2 is 1.81 bits per heavy atom. The van der Waals surface area contributed by atoms with Crippen LogP contribution >= 0.6 is 15.9 Å². The summed E-state index contributed by atoms with van der Waals surface area (Å²) in [5.74, 6) is 0.813. The third kappa shape index (κ3) is 3.21. The zero-order valence-corrected chi connectivity index (χ0v) is 11.2. The van der Waals surface area contributed by atoms with Crippen LogP contribution in [0.1, 0.15) is 37.7 Å². The Hall–Kier alpha value is -0.560. The zero-order valence-electron chi connectivity index (χ0n) is 9.66. The average Bonchev–Trinajstić information content (AvgIpc) is 2.38. The van der Waals surface area contributed by atoms with E-state index in [1.54, 1.807) is 5.57 Å². The minimum atomic E-state index is 0.813. The van der Waals surface area contributed by atoms with E-state index >= 15 is 0 Å². The summed E-state index contributed by atoms with van der Waals surface area (Å²) >= 11 is 3.64. The predicted octanol–water partition coefficient (Wildman–Crippen LogP) is 5.05. The van der Waals surface area contributed by atoms with Gasteiger partial charge in [-0.1, -0.05) is 77.2 Å².